The zero-order chi connectivity index (χ0) is 14.9. The van der Waals surface area contributed by atoms with Crippen molar-refractivity contribution < 1.29 is 14.3 Å². The van der Waals surface area contributed by atoms with Gasteiger partial charge in [0.15, 0.2) is 6.61 Å². The second kappa shape index (κ2) is 7.44. The topological polar surface area (TPSA) is 62.7 Å². The second-order valence-electron chi connectivity index (χ2n) is 4.06. The highest BCUT2D eigenvalue weighted by molar-refractivity contribution is 6.40. The van der Waals surface area contributed by atoms with Crippen LogP contribution in [-0.2, 0) is 9.53 Å². The van der Waals surface area contributed by atoms with Gasteiger partial charge in [-0.05, 0) is 24.3 Å². The Kier molecular flexibility index (Phi) is 5.05. The average Bonchev–Trinajstić information content (AvgIpc) is 2.54. The molecule has 102 valence electrons. The van der Waals surface area contributed by atoms with Crippen LogP contribution in [-0.4, -0.2) is 23.1 Å². The molecule has 0 saturated carbocycles. The molecule has 0 saturated heterocycles. The molecule has 0 unspecified atom stereocenters. The van der Waals surface area contributed by atoms with Crippen LogP contribution < -0.4 is 0 Å². The van der Waals surface area contributed by atoms with Crippen LogP contribution in [0.25, 0.3) is 5.53 Å². The Bertz CT molecular complexity index is 722. The van der Waals surface area contributed by atoms with Crippen LogP contribution >= 0.6 is 0 Å². The normalized spacial score (nSPS) is 8.95. The molecule has 0 amide bonds. The molecule has 0 heterocycles. The number of rotatable bonds is 3. The lowest BCUT2D eigenvalue weighted by Gasteiger charge is -1.96. The van der Waals surface area contributed by atoms with E-state index in [9.17, 15) is 4.79 Å². The second-order valence-corrected chi connectivity index (χ2v) is 4.06. The molecule has 21 heavy (non-hydrogen) atoms. The van der Waals surface area contributed by atoms with Crippen molar-refractivity contribution in [1.82, 2.24) is 0 Å². The molecule has 2 rings (SSSR count). The number of benzene rings is 2. The molecule has 0 bridgehead atoms. The third-order valence-corrected chi connectivity index (χ3v) is 2.62. The van der Waals surface area contributed by atoms with Crippen molar-refractivity contribution in [2.24, 2.45) is 0 Å². The van der Waals surface area contributed by atoms with Gasteiger partial charge in [0.1, 0.15) is 0 Å². The van der Waals surface area contributed by atoms with E-state index >= 15 is 0 Å². The van der Waals surface area contributed by atoms with Gasteiger partial charge in [-0.25, -0.2) is 4.79 Å². The van der Waals surface area contributed by atoms with Gasteiger partial charge in [-0.2, -0.15) is 4.79 Å². The van der Waals surface area contributed by atoms with Crippen molar-refractivity contribution in [1.29, 1.82) is 0 Å². The molecule has 0 aliphatic carbocycles. The summed E-state index contributed by atoms with van der Waals surface area (Å²) in [4.78, 5) is 14.8. The monoisotopic (exact) mass is 276 g/mol. The Balaban J connectivity index is 1.96. The summed E-state index contributed by atoms with van der Waals surface area (Å²) in [5.74, 6) is 4.88. The molecule has 4 heteroatoms. The summed E-state index contributed by atoms with van der Waals surface area (Å²) in [6.07, 6.45) is 0. The molecule has 2 aromatic carbocycles. The van der Waals surface area contributed by atoms with Gasteiger partial charge in [-0.15, -0.1) is 0 Å². The summed E-state index contributed by atoms with van der Waals surface area (Å²) in [6.45, 7) is -0.0699. The van der Waals surface area contributed by atoms with E-state index in [1.165, 1.54) is 0 Å². The number of hydrogen-bond acceptors (Lipinski definition) is 2. The summed E-state index contributed by atoms with van der Waals surface area (Å²) in [5.41, 5.74) is 10.1. The number of ether oxygens (including phenoxy) is 1. The van der Waals surface area contributed by atoms with Crippen molar-refractivity contribution in [3.8, 4) is 11.8 Å². The molecule has 0 aliphatic heterocycles. The largest absolute Gasteiger partial charge is 0.444 e. The van der Waals surface area contributed by atoms with Gasteiger partial charge in [0.2, 0.25) is 0 Å². The van der Waals surface area contributed by atoms with Gasteiger partial charge >= 0.3 is 11.7 Å². The maximum absolute atomic E-state index is 11.8. The zero-order valence-corrected chi connectivity index (χ0v) is 11.2. The lowest BCUT2D eigenvalue weighted by Crippen LogP contribution is -2.20. The van der Waals surface area contributed by atoms with Gasteiger partial charge in [0.25, 0.3) is 0 Å². The molecule has 0 fully saturated rings. The molecule has 0 atom stereocenters. The molecule has 0 N–H and O–H groups in total. The van der Waals surface area contributed by atoms with E-state index in [-0.39, 0.29) is 12.3 Å². The fourth-order valence-corrected chi connectivity index (χ4v) is 1.64. The molecule has 0 spiro atoms. The Morgan fingerprint density at radius 2 is 1.67 bits per heavy atom. The van der Waals surface area contributed by atoms with Gasteiger partial charge < -0.3 is 10.3 Å². The molecule has 0 aliphatic rings. The van der Waals surface area contributed by atoms with E-state index in [1.807, 2.05) is 30.3 Å². The summed E-state index contributed by atoms with van der Waals surface area (Å²) in [6, 6.07) is 18.0. The van der Waals surface area contributed by atoms with Crippen LogP contribution in [0.5, 0.6) is 0 Å². The Labute approximate surface area is 122 Å². The summed E-state index contributed by atoms with van der Waals surface area (Å²) in [7, 11) is 0. The van der Waals surface area contributed by atoms with Crippen LogP contribution in [0, 0.1) is 11.8 Å². The predicted octanol–water partition coefficient (Wildman–Crippen LogP) is 2.30. The minimum Gasteiger partial charge on any atom is -0.444 e. The standard InChI is InChI=1S/C17H12N2O2/c18-19-16(15-11-5-2-6-12-15)17(20)21-13-7-10-14-8-3-1-4-9-14/h1-6,8-9,11-12H,13H2. The maximum atomic E-state index is 11.8. The summed E-state index contributed by atoms with van der Waals surface area (Å²) in [5, 5.41) is 0. The van der Waals surface area contributed by atoms with E-state index < -0.39 is 5.97 Å². The van der Waals surface area contributed by atoms with Crippen molar-refractivity contribution >= 4 is 11.7 Å². The lowest BCUT2D eigenvalue weighted by molar-refractivity contribution is -0.138. The molecular formula is C17H12N2O2. The number of nitrogens with zero attached hydrogens (tertiary/aromatic N) is 2. The van der Waals surface area contributed by atoms with Gasteiger partial charge in [-0.1, -0.05) is 48.2 Å². The smallest absolute Gasteiger partial charge is 0.423 e. The van der Waals surface area contributed by atoms with Crippen molar-refractivity contribution in [2.45, 2.75) is 0 Å². The molecule has 2 aromatic rings. The van der Waals surface area contributed by atoms with E-state index in [2.05, 4.69) is 16.6 Å². The average molecular weight is 276 g/mol. The quantitative estimate of drug-likeness (QED) is 0.284. The SMILES string of the molecule is [N-]=[N+]=C(C(=O)OCC#Cc1ccccc1)c1ccccc1. The predicted molar refractivity (Wildman–Crippen MR) is 78.4 cm³/mol. The molecule has 0 aromatic heterocycles. The van der Waals surface area contributed by atoms with E-state index in [0.717, 1.165) is 5.56 Å². The maximum Gasteiger partial charge on any atom is 0.423 e. The zero-order valence-electron chi connectivity index (χ0n) is 11.2. The summed E-state index contributed by atoms with van der Waals surface area (Å²) >= 11 is 0. The minimum atomic E-state index is -0.717. The lowest BCUT2D eigenvalue weighted by atomic mass is 10.1. The Morgan fingerprint density at radius 3 is 2.29 bits per heavy atom. The van der Waals surface area contributed by atoms with Crippen LogP contribution in [0.3, 0.4) is 0 Å². The van der Waals surface area contributed by atoms with Gasteiger partial charge in [0, 0.05) is 5.56 Å². The molecular weight excluding hydrogens is 264 g/mol. The van der Waals surface area contributed by atoms with Crippen LogP contribution in [0.2, 0.25) is 0 Å². The minimum absolute atomic E-state index is 0.0699. The third-order valence-electron chi connectivity index (χ3n) is 2.62. The fourth-order valence-electron chi connectivity index (χ4n) is 1.64. The number of hydrogen-bond donors (Lipinski definition) is 0. The van der Waals surface area contributed by atoms with Crippen molar-refractivity contribution in [3.05, 3.63) is 77.3 Å². The third kappa shape index (κ3) is 4.17. The van der Waals surface area contributed by atoms with Crippen molar-refractivity contribution in [3.63, 3.8) is 0 Å². The van der Waals surface area contributed by atoms with Crippen molar-refractivity contribution in [2.75, 3.05) is 6.61 Å². The Morgan fingerprint density at radius 1 is 1.05 bits per heavy atom. The first-order valence-electron chi connectivity index (χ1n) is 6.30. The van der Waals surface area contributed by atoms with Crippen LogP contribution in [0.4, 0.5) is 0 Å². The number of carbonyl (C=O) groups excluding carboxylic acids is 1. The van der Waals surface area contributed by atoms with E-state index in [1.54, 1.807) is 30.3 Å². The van der Waals surface area contributed by atoms with Gasteiger partial charge in [0.05, 0.1) is 5.56 Å². The highest BCUT2D eigenvalue weighted by Gasteiger charge is 2.23. The van der Waals surface area contributed by atoms with E-state index in [4.69, 9.17) is 10.3 Å². The highest BCUT2D eigenvalue weighted by Crippen LogP contribution is 2.01. The fraction of sp³-hybridized carbons (Fsp3) is 0.0588. The van der Waals surface area contributed by atoms with Gasteiger partial charge in [-0.3, -0.25) is 0 Å². The first-order valence-corrected chi connectivity index (χ1v) is 6.30. The van der Waals surface area contributed by atoms with E-state index in [0.29, 0.717) is 5.56 Å². The van der Waals surface area contributed by atoms with Crippen LogP contribution in [0.1, 0.15) is 11.1 Å². The summed E-state index contributed by atoms with van der Waals surface area (Å²) < 4.78 is 4.97. The first-order chi connectivity index (χ1) is 10.3. The highest BCUT2D eigenvalue weighted by atomic mass is 16.5. The molecule has 4 nitrogen and oxygen atoms in total. The molecule has 0 radical (unpaired) electrons. The number of esters is 1. The first kappa shape index (κ1) is 14.3. The Hall–Kier alpha value is -3.15. The van der Waals surface area contributed by atoms with Crippen LogP contribution in [0.15, 0.2) is 60.7 Å². The number of carbonyl (C=O) groups is 1.